The van der Waals surface area contributed by atoms with Gasteiger partial charge in [-0.2, -0.15) is 0 Å². The van der Waals surface area contributed by atoms with E-state index in [0.29, 0.717) is 6.61 Å². The Balaban J connectivity index is 1.91. The predicted molar refractivity (Wildman–Crippen MR) is 75.7 cm³/mol. The smallest absolute Gasteiger partial charge is 0.0949 e. The van der Waals surface area contributed by atoms with E-state index in [1.165, 1.54) is 11.3 Å². The molecular formula is C15H21N3O. The SMILES string of the molecule is COCCn1cncc1CN(C)Cc1ccccc1. The van der Waals surface area contributed by atoms with E-state index < -0.39 is 0 Å². The minimum Gasteiger partial charge on any atom is -0.383 e. The van der Waals surface area contributed by atoms with Gasteiger partial charge >= 0.3 is 0 Å². The van der Waals surface area contributed by atoms with Crippen LogP contribution in [0.15, 0.2) is 42.9 Å². The first kappa shape index (κ1) is 13.8. The van der Waals surface area contributed by atoms with E-state index in [4.69, 9.17) is 4.74 Å². The molecule has 2 rings (SSSR count). The number of ether oxygens (including phenoxy) is 1. The van der Waals surface area contributed by atoms with Crippen LogP contribution in [0, 0.1) is 0 Å². The molecule has 19 heavy (non-hydrogen) atoms. The van der Waals surface area contributed by atoms with Crippen molar-refractivity contribution in [1.82, 2.24) is 14.5 Å². The van der Waals surface area contributed by atoms with Crippen molar-refractivity contribution in [2.75, 3.05) is 20.8 Å². The van der Waals surface area contributed by atoms with Crippen molar-refractivity contribution in [3.05, 3.63) is 54.1 Å². The second kappa shape index (κ2) is 7.07. The highest BCUT2D eigenvalue weighted by molar-refractivity contribution is 5.14. The quantitative estimate of drug-likeness (QED) is 0.763. The summed E-state index contributed by atoms with van der Waals surface area (Å²) < 4.78 is 7.25. The molecule has 0 saturated carbocycles. The number of rotatable bonds is 7. The van der Waals surface area contributed by atoms with Gasteiger partial charge in [0.05, 0.1) is 18.6 Å². The summed E-state index contributed by atoms with van der Waals surface area (Å²) in [6.45, 7) is 3.39. The van der Waals surface area contributed by atoms with Gasteiger partial charge in [-0.25, -0.2) is 4.98 Å². The number of nitrogens with zero attached hydrogens (tertiary/aromatic N) is 3. The van der Waals surface area contributed by atoms with Crippen molar-refractivity contribution in [2.45, 2.75) is 19.6 Å². The first-order valence-corrected chi connectivity index (χ1v) is 6.50. The Morgan fingerprint density at radius 3 is 2.74 bits per heavy atom. The summed E-state index contributed by atoms with van der Waals surface area (Å²) in [4.78, 5) is 6.50. The Morgan fingerprint density at radius 2 is 2.00 bits per heavy atom. The molecule has 0 saturated heterocycles. The molecule has 102 valence electrons. The van der Waals surface area contributed by atoms with Crippen LogP contribution in [-0.2, 0) is 24.4 Å². The van der Waals surface area contributed by atoms with E-state index in [-0.39, 0.29) is 0 Å². The highest BCUT2D eigenvalue weighted by Gasteiger charge is 2.06. The van der Waals surface area contributed by atoms with Crippen LogP contribution < -0.4 is 0 Å². The number of hydrogen-bond donors (Lipinski definition) is 0. The second-order valence-electron chi connectivity index (χ2n) is 4.73. The van der Waals surface area contributed by atoms with Crippen LogP contribution in [0.1, 0.15) is 11.3 Å². The molecule has 1 aromatic heterocycles. The van der Waals surface area contributed by atoms with Gasteiger partial charge in [-0.1, -0.05) is 30.3 Å². The molecule has 1 heterocycles. The largest absolute Gasteiger partial charge is 0.383 e. The second-order valence-corrected chi connectivity index (χ2v) is 4.73. The Kier molecular flexibility index (Phi) is 5.12. The van der Waals surface area contributed by atoms with Crippen molar-refractivity contribution in [1.29, 1.82) is 0 Å². The minimum absolute atomic E-state index is 0.714. The molecular weight excluding hydrogens is 238 g/mol. The monoisotopic (exact) mass is 259 g/mol. The zero-order chi connectivity index (χ0) is 13.5. The Morgan fingerprint density at radius 1 is 1.21 bits per heavy atom. The Hall–Kier alpha value is -1.65. The zero-order valence-corrected chi connectivity index (χ0v) is 11.6. The van der Waals surface area contributed by atoms with E-state index in [0.717, 1.165) is 19.6 Å². The summed E-state index contributed by atoms with van der Waals surface area (Å²) in [6.07, 6.45) is 3.79. The van der Waals surface area contributed by atoms with Gasteiger partial charge in [-0.05, 0) is 12.6 Å². The molecule has 2 aromatic rings. The summed E-state index contributed by atoms with van der Waals surface area (Å²) in [5.74, 6) is 0. The van der Waals surface area contributed by atoms with Gasteiger partial charge in [0.1, 0.15) is 0 Å². The van der Waals surface area contributed by atoms with Crippen LogP contribution >= 0.6 is 0 Å². The first-order chi connectivity index (χ1) is 9.29. The van der Waals surface area contributed by atoms with E-state index in [1.54, 1.807) is 7.11 Å². The fourth-order valence-electron chi connectivity index (χ4n) is 2.10. The molecule has 0 radical (unpaired) electrons. The molecule has 0 fully saturated rings. The number of benzene rings is 1. The molecule has 0 aliphatic carbocycles. The van der Waals surface area contributed by atoms with Gasteiger partial charge < -0.3 is 9.30 Å². The van der Waals surface area contributed by atoms with Crippen molar-refractivity contribution < 1.29 is 4.74 Å². The average Bonchev–Trinajstić information content (AvgIpc) is 2.84. The molecule has 1 aromatic carbocycles. The van der Waals surface area contributed by atoms with E-state index in [2.05, 4.69) is 45.8 Å². The third kappa shape index (κ3) is 4.19. The normalized spacial score (nSPS) is 11.1. The lowest BCUT2D eigenvalue weighted by molar-refractivity contribution is 0.185. The Bertz CT molecular complexity index is 481. The number of aromatic nitrogens is 2. The van der Waals surface area contributed by atoms with Gasteiger partial charge in [-0.15, -0.1) is 0 Å². The number of imidazole rings is 1. The van der Waals surface area contributed by atoms with Crippen molar-refractivity contribution in [2.24, 2.45) is 0 Å². The van der Waals surface area contributed by atoms with Gasteiger partial charge in [0.15, 0.2) is 0 Å². The molecule has 4 nitrogen and oxygen atoms in total. The lowest BCUT2D eigenvalue weighted by Gasteiger charge is -2.17. The lowest BCUT2D eigenvalue weighted by Crippen LogP contribution is -2.20. The van der Waals surface area contributed by atoms with Gasteiger partial charge in [0, 0.05) is 32.9 Å². The maximum absolute atomic E-state index is 5.11. The van der Waals surface area contributed by atoms with Crippen LogP contribution in [-0.4, -0.2) is 35.2 Å². The lowest BCUT2D eigenvalue weighted by atomic mass is 10.2. The van der Waals surface area contributed by atoms with E-state index in [1.807, 2.05) is 18.6 Å². The van der Waals surface area contributed by atoms with Gasteiger partial charge in [0.25, 0.3) is 0 Å². The molecule has 0 atom stereocenters. The first-order valence-electron chi connectivity index (χ1n) is 6.50. The highest BCUT2D eigenvalue weighted by atomic mass is 16.5. The van der Waals surface area contributed by atoms with Crippen LogP contribution in [0.3, 0.4) is 0 Å². The van der Waals surface area contributed by atoms with Crippen molar-refractivity contribution in [3.63, 3.8) is 0 Å². The fraction of sp³-hybridized carbons (Fsp3) is 0.400. The molecule has 4 heteroatoms. The highest BCUT2D eigenvalue weighted by Crippen LogP contribution is 2.08. The number of hydrogen-bond acceptors (Lipinski definition) is 3. The zero-order valence-electron chi connectivity index (χ0n) is 11.6. The maximum atomic E-state index is 5.11. The summed E-state index contributed by atoms with van der Waals surface area (Å²) >= 11 is 0. The van der Waals surface area contributed by atoms with Crippen LogP contribution in [0.5, 0.6) is 0 Å². The standard InChI is InChI=1S/C15H21N3O/c1-17(11-14-6-4-3-5-7-14)12-15-10-16-13-18(15)8-9-19-2/h3-7,10,13H,8-9,11-12H2,1-2H3. The van der Waals surface area contributed by atoms with Crippen LogP contribution in [0.25, 0.3) is 0 Å². The molecule has 0 aliphatic rings. The summed E-state index contributed by atoms with van der Waals surface area (Å²) in [7, 11) is 3.85. The molecule has 0 aliphatic heterocycles. The average molecular weight is 259 g/mol. The van der Waals surface area contributed by atoms with Crippen LogP contribution in [0.2, 0.25) is 0 Å². The van der Waals surface area contributed by atoms with E-state index >= 15 is 0 Å². The summed E-state index contributed by atoms with van der Waals surface area (Å²) in [6, 6.07) is 10.5. The minimum atomic E-state index is 0.714. The maximum Gasteiger partial charge on any atom is 0.0949 e. The number of methoxy groups -OCH3 is 1. The molecule has 0 spiro atoms. The summed E-state index contributed by atoms with van der Waals surface area (Å²) in [5.41, 5.74) is 2.54. The van der Waals surface area contributed by atoms with E-state index in [9.17, 15) is 0 Å². The van der Waals surface area contributed by atoms with Crippen molar-refractivity contribution >= 4 is 0 Å². The third-order valence-electron chi connectivity index (χ3n) is 3.06. The van der Waals surface area contributed by atoms with Gasteiger partial charge in [0.2, 0.25) is 0 Å². The third-order valence-corrected chi connectivity index (χ3v) is 3.06. The predicted octanol–water partition coefficient (Wildman–Crippen LogP) is 2.16. The van der Waals surface area contributed by atoms with Crippen LogP contribution in [0.4, 0.5) is 0 Å². The molecule has 0 N–H and O–H groups in total. The van der Waals surface area contributed by atoms with Gasteiger partial charge in [-0.3, -0.25) is 4.90 Å². The topological polar surface area (TPSA) is 30.3 Å². The molecule has 0 amide bonds. The van der Waals surface area contributed by atoms with Crippen molar-refractivity contribution in [3.8, 4) is 0 Å². The summed E-state index contributed by atoms with van der Waals surface area (Å²) in [5, 5.41) is 0. The molecule has 0 bridgehead atoms. The molecule has 0 unspecified atom stereocenters. The Labute approximate surface area is 114 Å². The fourth-order valence-corrected chi connectivity index (χ4v) is 2.10.